The molecule has 1 aromatic carbocycles. The molecule has 1 fully saturated rings. The number of benzene rings is 1. The quantitative estimate of drug-likeness (QED) is 0.677. The van der Waals surface area contributed by atoms with E-state index in [0.717, 1.165) is 35.2 Å². The average molecular weight is 375 g/mol. The summed E-state index contributed by atoms with van der Waals surface area (Å²) >= 11 is 0. The zero-order valence-corrected chi connectivity index (χ0v) is 16.1. The van der Waals surface area contributed by atoms with Crippen molar-refractivity contribution in [3.8, 4) is 5.75 Å². The van der Waals surface area contributed by atoms with Gasteiger partial charge in [0.25, 0.3) is 0 Å². The number of ether oxygens (including phenoxy) is 1. The van der Waals surface area contributed by atoms with Gasteiger partial charge in [0.1, 0.15) is 17.4 Å². The SMILES string of the molecule is COc1cccc(Nc2nc3c(c(NC4C5C=CC(C5)C4C)n2)C=CCN3)c1. The van der Waals surface area contributed by atoms with Gasteiger partial charge in [0.05, 0.1) is 12.7 Å². The first kappa shape index (κ1) is 17.1. The van der Waals surface area contributed by atoms with Crippen LogP contribution in [0.3, 0.4) is 0 Å². The van der Waals surface area contributed by atoms with Crippen molar-refractivity contribution in [1.82, 2.24) is 9.97 Å². The summed E-state index contributed by atoms with van der Waals surface area (Å²) in [6.07, 6.45) is 10.2. The molecule has 4 unspecified atom stereocenters. The second kappa shape index (κ2) is 6.86. The molecule has 0 radical (unpaired) electrons. The maximum absolute atomic E-state index is 5.31. The van der Waals surface area contributed by atoms with Crippen LogP contribution in [0.25, 0.3) is 6.08 Å². The van der Waals surface area contributed by atoms with E-state index in [1.807, 2.05) is 24.3 Å². The Hall–Kier alpha value is -3.02. The molecule has 3 N–H and O–H groups in total. The maximum Gasteiger partial charge on any atom is 0.231 e. The van der Waals surface area contributed by atoms with Gasteiger partial charge >= 0.3 is 0 Å². The standard InChI is InChI=1S/C22H25N5O/c1-13-14-8-9-15(11-14)19(13)25-21-18-7-4-10-23-20(18)26-22(27-21)24-16-5-3-6-17(12-16)28-2/h3-9,12-15,19H,10-11H2,1-2H3,(H3,23,24,25,26,27). The molecule has 28 heavy (non-hydrogen) atoms. The highest BCUT2D eigenvalue weighted by Gasteiger charge is 2.42. The minimum Gasteiger partial charge on any atom is -0.497 e. The number of aromatic nitrogens is 2. The molecular formula is C22H25N5O. The first-order chi connectivity index (χ1) is 13.7. The molecule has 1 aromatic heterocycles. The molecule has 0 spiro atoms. The van der Waals surface area contributed by atoms with Gasteiger partial charge in [0.15, 0.2) is 0 Å². The Labute approximate surface area is 165 Å². The summed E-state index contributed by atoms with van der Waals surface area (Å²) in [5.41, 5.74) is 1.93. The van der Waals surface area contributed by atoms with E-state index in [1.54, 1.807) is 7.11 Å². The zero-order valence-electron chi connectivity index (χ0n) is 16.1. The van der Waals surface area contributed by atoms with Crippen LogP contribution >= 0.6 is 0 Å². The summed E-state index contributed by atoms with van der Waals surface area (Å²) in [5.74, 6) is 4.99. The van der Waals surface area contributed by atoms with Crippen LogP contribution in [0.15, 0.2) is 42.5 Å². The van der Waals surface area contributed by atoms with Gasteiger partial charge < -0.3 is 20.7 Å². The van der Waals surface area contributed by atoms with Gasteiger partial charge in [-0.1, -0.05) is 31.2 Å². The smallest absolute Gasteiger partial charge is 0.231 e. The monoisotopic (exact) mass is 375 g/mol. The molecule has 2 bridgehead atoms. The molecule has 5 rings (SSSR count). The summed E-state index contributed by atoms with van der Waals surface area (Å²) in [4.78, 5) is 9.52. The van der Waals surface area contributed by atoms with Crippen molar-refractivity contribution in [2.24, 2.45) is 17.8 Å². The molecule has 2 aromatic rings. The molecular weight excluding hydrogens is 350 g/mol. The van der Waals surface area contributed by atoms with Crippen LogP contribution in [0.1, 0.15) is 18.9 Å². The van der Waals surface area contributed by atoms with Gasteiger partial charge in [-0.05, 0) is 42.4 Å². The predicted octanol–water partition coefficient (Wildman–Crippen LogP) is 4.29. The lowest BCUT2D eigenvalue weighted by molar-refractivity contribution is 0.415. The number of nitrogens with one attached hydrogen (secondary N) is 3. The second-order valence-electron chi connectivity index (χ2n) is 7.78. The van der Waals surface area contributed by atoms with Crippen LogP contribution in [0, 0.1) is 17.8 Å². The topological polar surface area (TPSA) is 71.1 Å². The van der Waals surface area contributed by atoms with Gasteiger partial charge in [-0.15, -0.1) is 0 Å². The molecule has 2 heterocycles. The summed E-state index contributed by atoms with van der Waals surface area (Å²) in [6.45, 7) is 3.11. The fourth-order valence-corrected chi connectivity index (χ4v) is 4.56. The Morgan fingerprint density at radius 2 is 2.07 bits per heavy atom. The van der Waals surface area contributed by atoms with E-state index in [0.29, 0.717) is 29.7 Å². The highest BCUT2D eigenvalue weighted by molar-refractivity contribution is 5.77. The van der Waals surface area contributed by atoms with Crippen molar-refractivity contribution < 1.29 is 4.74 Å². The first-order valence-electron chi connectivity index (χ1n) is 9.89. The zero-order chi connectivity index (χ0) is 19.1. The summed E-state index contributed by atoms with van der Waals surface area (Å²) in [6, 6.07) is 8.19. The van der Waals surface area contributed by atoms with Crippen molar-refractivity contribution in [3.63, 3.8) is 0 Å². The van der Waals surface area contributed by atoms with Crippen LogP contribution in [0.2, 0.25) is 0 Å². The number of anilines is 4. The molecule has 2 aliphatic carbocycles. The minimum absolute atomic E-state index is 0.411. The maximum atomic E-state index is 5.31. The van der Waals surface area contributed by atoms with E-state index < -0.39 is 0 Å². The van der Waals surface area contributed by atoms with Gasteiger partial charge in [0, 0.05) is 24.3 Å². The van der Waals surface area contributed by atoms with Crippen LogP contribution in [0.4, 0.5) is 23.3 Å². The molecule has 144 valence electrons. The third-order valence-corrected chi connectivity index (χ3v) is 6.10. The van der Waals surface area contributed by atoms with Gasteiger partial charge in [-0.2, -0.15) is 9.97 Å². The molecule has 6 nitrogen and oxygen atoms in total. The summed E-state index contributed by atoms with van der Waals surface area (Å²) < 4.78 is 5.31. The summed E-state index contributed by atoms with van der Waals surface area (Å²) in [5, 5.41) is 10.4. The largest absolute Gasteiger partial charge is 0.497 e. The number of allylic oxidation sites excluding steroid dienone is 1. The number of hydrogen-bond donors (Lipinski definition) is 3. The van der Waals surface area contributed by atoms with Gasteiger partial charge in [-0.25, -0.2) is 0 Å². The van der Waals surface area contributed by atoms with E-state index in [9.17, 15) is 0 Å². The van der Waals surface area contributed by atoms with Crippen LogP contribution in [0.5, 0.6) is 5.75 Å². The third kappa shape index (κ3) is 2.99. The number of rotatable bonds is 5. The Morgan fingerprint density at radius 3 is 2.89 bits per heavy atom. The van der Waals surface area contributed by atoms with Gasteiger partial charge in [0.2, 0.25) is 5.95 Å². The number of fused-ring (bicyclic) bond motifs is 3. The van der Waals surface area contributed by atoms with E-state index in [1.165, 1.54) is 6.42 Å². The van der Waals surface area contributed by atoms with Crippen molar-refractivity contribution >= 4 is 29.3 Å². The normalized spacial score (nSPS) is 26.6. The van der Waals surface area contributed by atoms with Crippen molar-refractivity contribution in [2.45, 2.75) is 19.4 Å². The van der Waals surface area contributed by atoms with Crippen LogP contribution in [-0.2, 0) is 0 Å². The minimum atomic E-state index is 0.411. The van der Waals surface area contributed by atoms with Crippen molar-refractivity contribution in [1.29, 1.82) is 0 Å². The van der Waals surface area contributed by atoms with E-state index in [2.05, 4.69) is 52.2 Å². The molecule has 3 aliphatic rings. The highest BCUT2D eigenvalue weighted by Crippen LogP contribution is 2.45. The lowest BCUT2D eigenvalue weighted by atomic mass is 9.90. The van der Waals surface area contributed by atoms with Crippen LogP contribution < -0.4 is 20.7 Å². The van der Waals surface area contributed by atoms with E-state index in [-0.39, 0.29) is 0 Å². The first-order valence-corrected chi connectivity index (χ1v) is 9.89. The number of nitrogens with zero attached hydrogens (tertiary/aromatic N) is 2. The second-order valence-corrected chi connectivity index (χ2v) is 7.78. The number of hydrogen-bond acceptors (Lipinski definition) is 6. The van der Waals surface area contributed by atoms with Gasteiger partial charge in [-0.3, -0.25) is 0 Å². The lowest BCUT2D eigenvalue weighted by Crippen LogP contribution is -2.32. The third-order valence-electron chi connectivity index (χ3n) is 6.10. The van der Waals surface area contributed by atoms with Crippen LogP contribution in [-0.4, -0.2) is 29.7 Å². The fourth-order valence-electron chi connectivity index (χ4n) is 4.56. The molecule has 1 aliphatic heterocycles. The Morgan fingerprint density at radius 1 is 1.18 bits per heavy atom. The van der Waals surface area contributed by atoms with E-state index in [4.69, 9.17) is 9.72 Å². The Balaban J connectivity index is 1.47. The predicted molar refractivity (Wildman–Crippen MR) is 113 cm³/mol. The lowest BCUT2D eigenvalue weighted by Gasteiger charge is -2.28. The fraction of sp³-hybridized carbons (Fsp3) is 0.364. The molecule has 6 heteroatoms. The molecule has 0 amide bonds. The summed E-state index contributed by atoms with van der Waals surface area (Å²) in [7, 11) is 1.66. The van der Waals surface area contributed by atoms with Crippen molar-refractivity contribution in [3.05, 3.63) is 48.1 Å². The molecule has 1 saturated carbocycles. The average Bonchev–Trinajstić information content (AvgIpc) is 3.31. The Kier molecular flexibility index (Phi) is 4.19. The Bertz CT molecular complexity index is 954. The number of methoxy groups -OCH3 is 1. The van der Waals surface area contributed by atoms with Crippen molar-refractivity contribution in [2.75, 3.05) is 29.6 Å². The molecule has 0 saturated heterocycles. The molecule has 4 atom stereocenters. The van der Waals surface area contributed by atoms with E-state index >= 15 is 0 Å². The highest BCUT2D eigenvalue weighted by atomic mass is 16.5.